The average Bonchev–Trinajstić information content (AvgIpc) is 2.98. The predicted molar refractivity (Wildman–Crippen MR) is 73.8 cm³/mol. The van der Waals surface area contributed by atoms with Crippen LogP contribution in [0.1, 0.15) is 5.56 Å². The first-order valence-electron chi connectivity index (χ1n) is 6.38. The van der Waals surface area contributed by atoms with Crippen LogP contribution in [-0.4, -0.2) is 36.4 Å². The number of aromatic amines is 1. The minimum Gasteiger partial charge on any atom is -0.353 e. The van der Waals surface area contributed by atoms with E-state index < -0.39 is 0 Å². The number of nitrogens with zero attached hydrogens (tertiary/aromatic N) is 3. The van der Waals surface area contributed by atoms with Crippen molar-refractivity contribution in [2.24, 2.45) is 0 Å². The van der Waals surface area contributed by atoms with E-state index >= 15 is 0 Å². The third-order valence-corrected chi connectivity index (χ3v) is 3.33. The van der Waals surface area contributed by atoms with Gasteiger partial charge in [0.2, 0.25) is 0 Å². The fourth-order valence-corrected chi connectivity index (χ4v) is 2.24. The molecule has 1 saturated heterocycles. The number of nitrogens with one attached hydrogen (secondary N) is 2. The summed E-state index contributed by atoms with van der Waals surface area (Å²) in [5.41, 5.74) is 2.71. The molecule has 0 aliphatic carbocycles. The van der Waals surface area contributed by atoms with Gasteiger partial charge in [-0.1, -0.05) is 12.1 Å². The standard InChI is InChI=1S/C14H15N5/c15-10-11-1-3-12(4-2-11)13-9-14(18-17-13)19-7-5-16-6-8-19/h1-4,9,16H,5-8H2,(H,17,18). The highest BCUT2D eigenvalue weighted by atomic mass is 15.3. The van der Waals surface area contributed by atoms with Gasteiger partial charge in [-0.3, -0.25) is 5.10 Å². The molecule has 1 fully saturated rings. The molecule has 0 spiro atoms. The van der Waals surface area contributed by atoms with E-state index in [9.17, 15) is 0 Å². The Morgan fingerprint density at radius 2 is 1.89 bits per heavy atom. The minimum atomic E-state index is 0.672. The minimum absolute atomic E-state index is 0.672. The van der Waals surface area contributed by atoms with Crippen LogP contribution in [0.5, 0.6) is 0 Å². The first kappa shape index (κ1) is 11.8. The van der Waals surface area contributed by atoms with Crippen LogP contribution in [0, 0.1) is 11.3 Å². The summed E-state index contributed by atoms with van der Waals surface area (Å²) in [7, 11) is 0. The number of nitriles is 1. The highest BCUT2D eigenvalue weighted by Gasteiger charge is 2.13. The summed E-state index contributed by atoms with van der Waals surface area (Å²) in [5, 5.41) is 19.5. The van der Waals surface area contributed by atoms with Crippen LogP contribution in [0.4, 0.5) is 5.82 Å². The molecule has 0 bridgehead atoms. The number of hydrogen-bond donors (Lipinski definition) is 2. The molecular formula is C14H15N5. The summed E-state index contributed by atoms with van der Waals surface area (Å²) >= 11 is 0. The first-order valence-corrected chi connectivity index (χ1v) is 6.38. The lowest BCUT2D eigenvalue weighted by Gasteiger charge is -2.26. The summed E-state index contributed by atoms with van der Waals surface area (Å²) in [4.78, 5) is 2.26. The van der Waals surface area contributed by atoms with Gasteiger partial charge in [-0.05, 0) is 17.7 Å². The molecule has 5 heteroatoms. The molecule has 96 valence electrons. The number of aromatic nitrogens is 2. The molecule has 1 aromatic carbocycles. The van der Waals surface area contributed by atoms with E-state index in [-0.39, 0.29) is 0 Å². The van der Waals surface area contributed by atoms with Gasteiger partial charge in [0.25, 0.3) is 0 Å². The molecule has 1 aliphatic rings. The zero-order chi connectivity index (χ0) is 13.1. The summed E-state index contributed by atoms with van der Waals surface area (Å²) in [6, 6.07) is 11.7. The van der Waals surface area contributed by atoms with Crippen molar-refractivity contribution in [3.05, 3.63) is 35.9 Å². The van der Waals surface area contributed by atoms with E-state index in [1.54, 1.807) is 0 Å². The monoisotopic (exact) mass is 253 g/mol. The third kappa shape index (κ3) is 2.44. The molecule has 1 aromatic heterocycles. The largest absolute Gasteiger partial charge is 0.353 e. The molecule has 3 rings (SSSR count). The Balaban J connectivity index is 1.81. The first-order chi connectivity index (χ1) is 9.36. The molecule has 0 radical (unpaired) electrons. The number of anilines is 1. The van der Waals surface area contributed by atoms with Gasteiger partial charge in [0.15, 0.2) is 5.82 Å². The Labute approximate surface area is 111 Å². The Morgan fingerprint density at radius 1 is 1.16 bits per heavy atom. The quantitative estimate of drug-likeness (QED) is 0.848. The van der Waals surface area contributed by atoms with Gasteiger partial charge in [0.1, 0.15) is 0 Å². The lowest BCUT2D eigenvalue weighted by atomic mass is 10.1. The van der Waals surface area contributed by atoms with Crippen molar-refractivity contribution in [1.29, 1.82) is 5.26 Å². The van der Waals surface area contributed by atoms with Crippen LogP contribution < -0.4 is 10.2 Å². The van der Waals surface area contributed by atoms with Crippen LogP contribution in [-0.2, 0) is 0 Å². The van der Waals surface area contributed by atoms with E-state index in [0.717, 1.165) is 43.3 Å². The fourth-order valence-electron chi connectivity index (χ4n) is 2.24. The van der Waals surface area contributed by atoms with Crippen molar-refractivity contribution in [2.75, 3.05) is 31.1 Å². The SMILES string of the molecule is N#Cc1ccc(-c2cc(N3CCNCC3)n[nH]2)cc1. The molecule has 19 heavy (non-hydrogen) atoms. The molecule has 0 unspecified atom stereocenters. The smallest absolute Gasteiger partial charge is 0.151 e. The van der Waals surface area contributed by atoms with Gasteiger partial charge in [-0.2, -0.15) is 10.4 Å². The Bertz CT molecular complexity index is 587. The maximum Gasteiger partial charge on any atom is 0.151 e. The molecule has 2 heterocycles. The van der Waals surface area contributed by atoms with Crippen molar-refractivity contribution in [3.8, 4) is 17.3 Å². The van der Waals surface area contributed by atoms with E-state index in [1.807, 2.05) is 24.3 Å². The Morgan fingerprint density at radius 3 is 2.58 bits per heavy atom. The second-order valence-electron chi connectivity index (χ2n) is 4.57. The van der Waals surface area contributed by atoms with Crippen molar-refractivity contribution < 1.29 is 0 Å². The normalized spacial score (nSPS) is 15.2. The number of piperazine rings is 1. The maximum atomic E-state index is 8.79. The molecular weight excluding hydrogens is 238 g/mol. The van der Waals surface area contributed by atoms with Crippen LogP contribution in [0.3, 0.4) is 0 Å². The lowest BCUT2D eigenvalue weighted by Crippen LogP contribution is -2.43. The van der Waals surface area contributed by atoms with Gasteiger partial charge < -0.3 is 10.2 Å². The van der Waals surface area contributed by atoms with E-state index in [1.165, 1.54) is 0 Å². The number of rotatable bonds is 2. The topological polar surface area (TPSA) is 67.7 Å². The van der Waals surface area contributed by atoms with Crippen molar-refractivity contribution in [3.63, 3.8) is 0 Å². The molecule has 0 saturated carbocycles. The van der Waals surface area contributed by atoms with Crippen molar-refractivity contribution in [2.45, 2.75) is 0 Å². The molecule has 0 atom stereocenters. The summed E-state index contributed by atoms with van der Waals surface area (Å²) < 4.78 is 0. The number of H-pyrrole nitrogens is 1. The fraction of sp³-hybridized carbons (Fsp3) is 0.286. The molecule has 5 nitrogen and oxygen atoms in total. The van der Waals surface area contributed by atoms with Gasteiger partial charge in [0.05, 0.1) is 17.3 Å². The van der Waals surface area contributed by atoms with Gasteiger partial charge in [0, 0.05) is 32.2 Å². The molecule has 2 N–H and O–H groups in total. The maximum absolute atomic E-state index is 8.79. The van der Waals surface area contributed by atoms with Crippen molar-refractivity contribution >= 4 is 5.82 Å². The second-order valence-corrected chi connectivity index (χ2v) is 4.57. The predicted octanol–water partition coefficient (Wildman–Crippen LogP) is 1.36. The zero-order valence-electron chi connectivity index (χ0n) is 10.6. The molecule has 2 aromatic rings. The third-order valence-electron chi connectivity index (χ3n) is 3.33. The van der Waals surface area contributed by atoms with Crippen molar-refractivity contribution in [1.82, 2.24) is 15.5 Å². The van der Waals surface area contributed by atoms with Crippen LogP contribution in [0.25, 0.3) is 11.3 Å². The highest BCUT2D eigenvalue weighted by molar-refractivity contribution is 5.64. The summed E-state index contributed by atoms with van der Waals surface area (Å²) in [6.07, 6.45) is 0. The van der Waals surface area contributed by atoms with E-state index in [2.05, 4.69) is 32.5 Å². The Kier molecular flexibility index (Phi) is 3.17. The average molecular weight is 253 g/mol. The lowest BCUT2D eigenvalue weighted by molar-refractivity contribution is 0.584. The molecule has 1 aliphatic heterocycles. The van der Waals surface area contributed by atoms with E-state index in [0.29, 0.717) is 5.56 Å². The number of hydrogen-bond acceptors (Lipinski definition) is 4. The summed E-state index contributed by atoms with van der Waals surface area (Å²) in [6.45, 7) is 3.97. The number of benzene rings is 1. The van der Waals surface area contributed by atoms with Gasteiger partial charge in [-0.25, -0.2) is 0 Å². The Hall–Kier alpha value is -2.32. The van der Waals surface area contributed by atoms with Crippen LogP contribution in [0.2, 0.25) is 0 Å². The highest BCUT2D eigenvalue weighted by Crippen LogP contribution is 2.22. The van der Waals surface area contributed by atoms with Gasteiger partial charge >= 0.3 is 0 Å². The van der Waals surface area contributed by atoms with Crippen LogP contribution in [0.15, 0.2) is 30.3 Å². The van der Waals surface area contributed by atoms with Crippen LogP contribution >= 0.6 is 0 Å². The van der Waals surface area contributed by atoms with Gasteiger partial charge in [-0.15, -0.1) is 0 Å². The summed E-state index contributed by atoms with van der Waals surface area (Å²) in [5.74, 6) is 0.987. The zero-order valence-corrected chi connectivity index (χ0v) is 10.6. The molecule has 0 amide bonds. The second kappa shape index (κ2) is 5.12. The van der Waals surface area contributed by atoms with E-state index in [4.69, 9.17) is 5.26 Å².